The number of carbonyl (C=O) groups is 1. The standard InChI is InChI=1S/C32H52O/c1-21(2)27(4,5)15-12-22(3)23-13-16-30(9)25-11-10-24-28(6,7)26(33)14-17-31(24)20-32(25,31)19-18-29(23,30)8/h22-25H,1,10-20H2,2-9H3/t22-,23-,24?,25?,29-,30+,31-,32+/m1/s1. The first-order valence-electron chi connectivity index (χ1n) is 14.4. The molecule has 1 nitrogen and oxygen atoms in total. The predicted molar refractivity (Wildman–Crippen MR) is 139 cm³/mol. The molecule has 5 rings (SSSR count). The summed E-state index contributed by atoms with van der Waals surface area (Å²) in [5.41, 5.74) is 3.58. The van der Waals surface area contributed by atoms with Crippen LogP contribution >= 0.6 is 0 Å². The van der Waals surface area contributed by atoms with Crippen molar-refractivity contribution in [3.05, 3.63) is 12.2 Å². The second kappa shape index (κ2) is 7.00. The van der Waals surface area contributed by atoms with E-state index in [1.165, 1.54) is 69.8 Å². The molecular weight excluding hydrogens is 400 g/mol. The van der Waals surface area contributed by atoms with Crippen molar-refractivity contribution in [3.8, 4) is 0 Å². The summed E-state index contributed by atoms with van der Waals surface area (Å²) in [6, 6.07) is 0. The molecule has 5 aliphatic rings. The van der Waals surface area contributed by atoms with Crippen LogP contribution < -0.4 is 0 Å². The maximum absolute atomic E-state index is 12.9. The van der Waals surface area contributed by atoms with Gasteiger partial charge in [0, 0.05) is 11.8 Å². The Bertz CT molecular complexity index is 864. The molecule has 0 aromatic heterocycles. The van der Waals surface area contributed by atoms with Gasteiger partial charge in [-0.1, -0.05) is 60.6 Å². The van der Waals surface area contributed by atoms with E-state index >= 15 is 0 Å². The minimum absolute atomic E-state index is 0.0861. The van der Waals surface area contributed by atoms with Gasteiger partial charge >= 0.3 is 0 Å². The quantitative estimate of drug-likeness (QED) is 0.380. The first-order chi connectivity index (χ1) is 15.2. The molecule has 0 aromatic carbocycles. The lowest BCUT2D eigenvalue weighted by Gasteiger charge is -2.62. The van der Waals surface area contributed by atoms with Crippen LogP contribution in [0, 0.1) is 56.2 Å². The molecule has 0 aliphatic heterocycles. The van der Waals surface area contributed by atoms with E-state index in [0.29, 0.717) is 33.4 Å². The summed E-state index contributed by atoms with van der Waals surface area (Å²) in [4.78, 5) is 12.9. The monoisotopic (exact) mass is 452 g/mol. The van der Waals surface area contributed by atoms with E-state index in [2.05, 4.69) is 62.0 Å². The molecule has 5 fully saturated rings. The van der Waals surface area contributed by atoms with Crippen molar-refractivity contribution in [1.29, 1.82) is 0 Å². The summed E-state index contributed by atoms with van der Waals surface area (Å²) < 4.78 is 0. The van der Waals surface area contributed by atoms with Crippen LogP contribution in [0.2, 0.25) is 0 Å². The second-order valence-corrected chi connectivity index (χ2v) is 15.5. The average Bonchev–Trinajstić information content (AvgIpc) is 3.32. The van der Waals surface area contributed by atoms with Crippen LogP contribution in [0.4, 0.5) is 0 Å². The maximum atomic E-state index is 12.9. The topological polar surface area (TPSA) is 17.1 Å². The van der Waals surface area contributed by atoms with E-state index in [1.807, 2.05) is 0 Å². The lowest BCUT2D eigenvalue weighted by atomic mass is 9.42. The smallest absolute Gasteiger partial charge is 0.138 e. The Morgan fingerprint density at radius 1 is 0.970 bits per heavy atom. The summed E-state index contributed by atoms with van der Waals surface area (Å²) >= 11 is 0. The third kappa shape index (κ3) is 2.86. The minimum Gasteiger partial charge on any atom is -0.299 e. The lowest BCUT2D eigenvalue weighted by Crippen LogP contribution is -2.57. The van der Waals surface area contributed by atoms with E-state index in [4.69, 9.17) is 0 Å². The van der Waals surface area contributed by atoms with Gasteiger partial charge in [0.15, 0.2) is 0 Å². The fourth-order valence-corrected chi connectivity index (χ4v) is 11.1. The van der Waals surface area contributed by atoms with Gasteiger partial charge in [-0.25, -0.2) is 0 Å². The number of carbonyl (C=O) groups excluding carboxylic acids is 1. The van der Waals surface area contributed by atoms with Crippen molar-refractivity contribution in [2.75, 3.05) is 0 Å². The molecule has 0 aromatic rings. The zero-order valence-electron chi connectivity index (χ0n) is 23.2. The summed E-state index contributed by atoms with van der Waals surface area (Å²) in [5, 5.41) is 0. The third-order valence-electron chi connectivity index (χ3n) is 14.0. The highest BCUT2D eigenvalue weighted by atomic mass is 16.1. The molecule has 0 amide bonds. The van der Waals surface area contributed by atoms with E-state index in [1.54, 1.807) is 0 Å². The Morgan fingerprint density at radius 2 is 1.61 bits per heavy atom. The Balaban J connectivity index is 1.39. The van der Waals surface area contributed by atoms with Gasteiger partial charge in [-0.15, -0.1) is 0 Å². The van der Waals surface area contributed by atoms with Crippen LogP contribution in [0.5, 0.6) is 0 Å². The normalized spacial score (nSPS) is 48.8. The van der Waals surface area contributed by atoms with Gasteiger partial charge in [-0.05, 0) is 122 Å². The molecule has 0 heterocycles. The Morgan fingerprint density at radius 3 is 2.27 bits per heavy atom. The van der Waals surface area contributed by atoms with Crippen molar-refractivity contribution in [3.63, 3.8) is 0 Å². The third-order valence-corrected chi connectivity index (χ3v) is 14.0. The van der Waals surface area contributed by atoms with Crippen molar-refractivity contribution in [1.82, 2.24) is 0 Å². The minimum atomic E-state index is -0.0861. The van der Waals surface area contributed by atoms with Gasteiger partial charge in [0.1, 0.15) is 5.78 Å². The largest absolute Gasteiger partial charge is 0.299 e. The fourth-order valence-electron chi connectivity index (χ4n) is 11.1. The molecule has 0 N–H and O–H groups in total. The summed E-state index contributed by atoms with van der Waals surface area (Å²) in [7, 11) is 0. The molecule has 1 heteroatoms. The van der Waals surface area contributed by atoms with Gasteiger partial charge in [0.2, 0.25) is 0 Å². The summed E-state index contributed by atoms with van der Waals surface area (Å²) in [6.45, 7) is 23.9. The molecule has 0 radical (unpaired) electrons. The van der Waals surface area contributed by atoms with E-state index in [-0.39, 0.29) is 10.8 Å². The predicted octanol–water partition coefficient (Wildman–Crippen LogP) is 9.01. The van der Waals surface area contributed by atoms with Crippen molar-refractivity contribution < 1.29 is 4.79 Å². The molecule has 186 valence electrons. The van der Waals surface area contributed by atoms with Crippen LogP contribution in [0.3, 0.4) is 0 Å². The molecule has 8 atom stereocenters. The van der Waals surface area contributed by atoms with Gasteiger partial charge in [-0.2, -0.15) is 0 Å². The van der Waals surface area contributed by atoms with Crippen molar-refractivity contribution >= 4 is 5.78 Å². The van der Waals surface area contributed by atoms with E-state index in [9.17, 15) is 4.79 Å². The zero-order chi connectivity index (χ0) is 24.2. The lowest BCUT2D eigenvalue weighted by molar-refractivity contribution is -0.157. The number of hydrogen-bond acceptors (Lipinski definition) is 1. The number of Topliss-reactive ketones (excluding diaryl/α,β-unsaturated/α-hetero) is 1. The van der Waals surface area contributed by atoms with E-state index in [0.717, 1.165) is 24.2 Å². The molecular formula is C32H52O. The molecule has 0 bridgehead atoms. The average molecular weight is 453 g/mol. The highest BCUT2D eigenvalue weighted by Gasteiger charge is 2.82. The van der Waals surface area contributed by atoms with E-state index < -0.39 is 0 Å². The van der Waals surface area contributed by atoms with Gasteiger partial charge < -0.3 is 0 Å². The van der Waals surface area contributed by atoms with Crippen molar-refractivity contribution in [2.24, 2.45) is 56.2 Å². The number of ketones is 1. The first kappa shape index (κ1) is 24.1. The Hall–Kier alpha value is -0.590. The summed E-state index contributed by atoms with van der Waals surface area (Å²) in [6.07, 6.45) is 14.6. The Kier molecular flexibility index (Phi) is 5.12. The number of allylic oxidation sites excluding steroid dienone is 1. The van der Waals surface area contributed by atoms with Crippen LogP contribution in [0.15, 0.2) is 12.2 Å². The molecule has 33 heavy (non-hydrogen) atoms. The molecule has 0 saturated heterocycles. The molecule has 2 unspecified atom stereocenters. The van der Waals surface area contributed by atoms with Gasteiger partial charge in [0.25, 0.3) is 0 Å². The van der Waals surface area contributed by atoms with Crippen LogP contribution in [-0.4, -0.2) is 5.78 Å². The van der Waals surface area contributed by atoms with Crippen molar-refractivity contribution in [2.45, 2.75) is 126 Å². The highest BCUT2D eigenvalue weighted by molar-refractivity contribution is 5.86. The Labute approximate surface area is 204 Å². The van der Waals surface area contributed by atoms with Crippen LogP contribution in [0.1, 0.15) is 126 Å². The van der Waals surface area contributed by atoms with Crippen LogP contribution in [-0.2, 0) is 4.79 Å². The van der Waals surface area contributed by atoms with Gasteiger partial charge in [-0.3, -0.25) is 4.79 Å². The molecule has 5 aliphatic carbocycles. The molecule has 5 saturated carbocycles. The first-order valence-corrected chi connectivity index (χ1v) is 14.4. The second-order valence-electron chi connectivity index (χ2n) is 15.5. The SMILES string of the molecule is C=C(C)C(C)(C)CC[C@@H](C)[C@H]1CC[C@@]2(C)C3CCC4C(C)(C)C(=O)CC[C@@]45C[C@@]35CC[C@]12C. The highest BCUT2D eigenvalue weighted by Crippen LogP contribution is 2.88. The number of fused-ring (bicyclic) bond motifs is 2. The number of hydrogen-bond donors (Lipinski definition) is 0. The summed E-state index contributed by atoms with van der Waals surface area (Å²) in [5.74, 6) is 3.78. The fraction of sp³-hybridized carbons (Fsp3) is 0.906. The zero-order valence-corrected chi connectivity index (χ0v) is 23.2. The van der Waals surface area contributed by atoms with Gasteiger partial charge in [0.05, 0.1) is 0 Å². The maximum Gasteiger partial charge on any atom is 0.138 e. The number of rotatable bonds is 5. The molecule has 2 spiro atoms. The van der Waals surface area contributed by atoms with Crippen LogP contribution in [0.25, 0.3) is 0 Å².